The van der Waals surface area contributed by atoms with Crippen LogP contribution in [-0.4, -0.2) is 37.7 Å². The Balaban J connectivity index is 2.12. The van der Waals surface area contributed by atoms with Crippen molar-refractivity contribution in [2.24, 2.45) is 5.41 Å². The molecule has 1 aliphatic heterocycles. The van der Waals surface area contributed by atoms with Crippen LogP contribution in [0.3, 0.4) is 0 Å². The lowest BCUT2D eigenvalue weighted by atomic mass is 9.93. The topological polar surface area (TPSA) is 50.8 Å². The summed E-state index contributed by atoms with van der Waals surface area (Å²) in [7, 11) is 1.60. The molecule has 21 heavy (non-hydrogen) atoms. The number of nitrogens with zero attached hydrogens (tertiary/aromatic N) is 1. The number of nitrogens with one attached hydrogen (secondary N) is 1. The second-order valence-corrected chi connectivity index (χ2v) is 6.06. The van der Waals surface area contributed by atoms with Crippen molar-refractivity contribution in [2.45, 2.75) is 27.2 Å². The van der Waals surface area contributed by atoms with Gasteiger partial charge in [-0.1, -0.05) is 13.8 Å². The molecule has 0 saturated carbocycles. The fourth-order valence-corrected chi connectivity index (χ4v) is 2.50. The van der Waals surface area contributed by atoms with E-state index in [1.165, 1.54) is 0 Å². The summed E-state index contributed by atoms with van der Waals surface area (Å²) in [5, 5.41) is 2.93. The average Bonchev–Trinajstić information content (AvgIpc) is 2.81. The zero-order valence-corrected chi connectivity index (χ0v) is 13.2. The van der Waals surface area contributed by atoms with E-state index in [9.17, 15) is 4.79 Å². The van der Waals surface area contributed by atoms with Gasteiger partial charge in [-0.05, 0) is 30.9 Å². The molecule has 1 aliphatic rings. The van der Waals surface area contributed by atoms with E-state index in [0.717, 1.165) is 19.5 Å². The van der Waals surface area contributed by atoms with Crippen molar-refractivity contribution in [3.05, 3.63) is 18.2 Å². The Morgan fingerprint density at radius 2 is 2.19 bits per heavy atom. The number of hydrogen-bond acceptors (Lipinski definition) is 3. The first-order valence-electron chi connectivity index (χ1n) is 7.32. The van der Waals surface area contributed by atoms with Crippen molar-refractivity contribution in [2.75, 3.05) is 32.1 Å². The summed E-state index contributed by atoms with van der Waals surface area (Å²) in [5.74, 6) is 1.35. The smallest absolute Gasteiger partial charge is 0.321 e. The Hall–Kier alpha value is -1.91. The van der Waals surface area contributed by atoms with Gasteiger partial charge in [0.2, 0.25) is 0 Å². The van der Waals surface area contributed by atoms with Gasteiger partial charge in [-0.3, -0.25) is 0 Å². The molecule has 116 valence electrons. The zero-order chi connectivity index (χ0) is 15.5. The average molecular weight is 292 g/mol. The molecule has 1 heterocycles. The lowest BCUT2D eigenvalue weighted by Gasteiger charge is -2.21. The molecule has 0 unspecified atom stereocenters. The predicted molar refractivity (Wildman–Crippen MR) is 83.2 cm³/mol. The number of benzene rings is 1. The van der Waals surface area contributed by atoms with E-state index in [2.05, 4.69) is 19.2 Å². The third kappa shape index (κ3) is 3.80. The first-order valence-corrected chi connectivity index (χ1v) is 7.32. The highest BCUT2D eigenvalue weighted by Crippen LogP contribution is 2.32. The van der Waals surface area contributed by atoms with Crippen molar-refractivity contribution in [3.63, 3.8) is 0 Å². The molecule has 5 nitrogen and oxygen atoms in total. The molecule has 2 amide bonds. The number of carbonyl (C=O) groups excluding carboxylic acids is 1. The molecule has 2 rings (SSSR count). The Morgan fingerprint density at radius 3 is 2.76 bits per heavy atom. The maximum Gasteiger partial charge on any atom is 0.321 e. The molecule has 0 bridgehead atoms. The van der Waals surface area contributed by atoms with E-state index in [0.29, 0.717) is 23.8 Å². The standard InChI is InChI=1S/C16H24N2O3/c1-5-21-14-7-6-12(20-4)10-13(14)17-15(19)18-9-8-16(2,3)11-18/h6-7,10H,5,8-9,11H2,1-4H3,(H,17,19). The van der Waals surface area contributed by atoms with Crippen molar-refractivity contribution in [1.29, 1.82) is 0 Å². The summed E-state index contributed by atoms with van der Waals surface area (Å²) in [4.78, 5) is 14.2. The minimum absolute atomic E-state index is 0.0882. The van der Waals surface area contributed by atoms with Crippen LogP contribution in [0.5, 0.6) is 11.5 Å². The van der Waals surface area contributed by atoms with Gasteiger partial charge in [-0.25, -0.2) is 4.79 Å². The number of methoxy groups -OCH3 is 1. The first-order chi connectivity index (χ1) is 9.95. The highest BCUT2D eigenvalue weighted by molar-refractivity contribution is 5.91. The van der Waals surface area contributed by atoms with Crippen LogP contribution in [0.25, 0.3) is 0 Å². The van der Waals surface area contributed by atoms with Crippen LogP contribution in [0.1, 0.15) is 27.2 Å². The van der Waals surface area contributed by atoms with E-state index in [4.69, 9.17) is 9.47 Å². The van der Waals surface area contributed by atoms with Crippen molar-refractivity contribution >= 4 is 11.7 Å². The van der Waals surface area contributed by atoms with Crippen LogP contribution < -0.4 is 14.8 Å². The summed E-state index contributed by atoms with van der Waals surface area (Å²) < 4.78 is 10.8. The molecule has 1 aromatic rings. The molecule has 1 aromatic carbocycles. The van der Waals surface area contributed by atoms with Crippen LogP contribution in [0.15, 0.2) is 18.2 Å². The maximum absolute atomic E-state index is 12.4. The summed E-state index contributed by atoms with van der Waals surface area (Å²) in [6.45, 7) is 8.37. The highest BCUT2D eigenvalue weighted by atomic mass is 16.5. The first kappa shape index (κ1) is 15.5. The fraction of sp³-hybridized carbons (Fsp3) is 0.562. The van der Waals surface area contributed by atoms with Gasteiger partial charge in [-0.2, -0.15) is 0 Å². The van der Waals surface area contributed by atoms with Gasteiger partial charge in [0.05, 0.1) is 19.4 Å². The Kier molecular flexibility index (Phi) is 4.60. The second kappa shape index (κ2) is 6.24. The predicted octanol–water partition coefficient (Wildman–Crippen LogP) is 3.36. The quantitative estimate of drug-likeness (QED) is 0.925. The van der Waals surface area contributed by atoms with Gasteiger partial charge in [0, 0.05) is 19.2 Å². The lowest BCUT2D eigenvalue weighted by molar-refractivity contribution is 0.217. The number of urea groups is 1. The third-order valence-electron chi connectivity index (χ3n) is 3.69. The Bertz CT molecular complexity index is 514. The second-order valence-electron chi connectivity index (χ2n) is 6.06. The lowest BCUT2D eigenvalue weighted by Crippen LogP contribution is -2.34. The molecule has 1 saturated heterocycles. The Morgan fingerprint density at radius 1 is 1.43 bits per heavy atom. The van der Waals surface area contributed by atoms with E-state index in [1.807, 2.05) is 24.0 Å². The van der Waals surface area contributed by atoms with Crippen molar-refractivity contribution in [1.82, 2.24) is 4.90 Å². The number of ether oxygens (including phenoxy) is 2. The van der Waals surface area contributed by atoms with E-state index < -0.39 is 0 Å². The van der Waals surface area contributed by atoms with Crippen LogP contribution in [-0.2, 0) is 0 Å². The molecular formula is C16H24N2O3. The SMILES string of the molecule is CCOc1ccc(OC)cc1NC(=O)N1CCC(C)(C)C1. The van der Waals surface area contributed by atoms with Gasteiger partial charge in [-0.15, -0.1) is 0 Å². The normalized spacial score (nSPS) is 16.7. The molecule has 0 aromatic heterocycles. The largest absolute Gasteiger partial charge is 0.497 e. The fourth-order valence-electron chi connectivity index (χ4n) is 2.50. The molecule has 0 aliphatic carbocycles. The van der Waals surface area contributed by atoms with E-state index >= 15 is 0 Å². The monoisotopic (exact) mass is 292 g/mol. The van der Waals surface area contributed by atoms with Gasteiger partial charge in [0.25, 0.3) is 0 Å². The molecule has 0 spiro atoms. The number of anilines is 1. The van der Waals surface area contributed by atoms with Gasteiger partial charge >= 0.3 is 6.03 Å². The number of carbonyl (C=O) groups is 1. The van der Waals surface area contributed by atoms with Crippen molar-refractivity contribution in [3.8, 4) is 11.5 Å². The number of amides is 2. The zero-order valence-electron chi connectivity index (χ0n) is 13.2. The molecular weight excluding hydrogens is 268 g/mol. The number of rotatable bonds is 4. The summed E-state index contributed by atoms with van der Waals surface area (Å²) in [5.41, 5.74) is 0.833. The summed E-state index contributed by atoms with van der Waals surface area (Å²) in [6.07, 6.45) is 1.02. The van der Waals surface area contributed by atoms with Crippen molar-refractivity contribution < 1.29 is 14.3 Å². The molecule has 0 atom stereocenters. The van der Waals surface area contributed by atoms with Crippen LogP contribution in [0, 0.1) is 5.41 Å². The number of likely N-dealkylation sites (tertiary alicyclic amines) is 1. The van der Waals surface area contributed by atoms with E-state index in [1.54, 1.807) is 13.2 Å². The summed E-state index contributed by atoms with van der Waals surface area (Å²) >= 11 is 0. The van der Waals surface area contributed by atoms with Gasteiger partial charge in [0.15, 0.2) is 0 Å². The minimum Gasteiger partial charge on any atom is -0.497 e. The third-order valence-corrected chi connectivity index (χ3v) is 3.69. The van der Waals surface area contributed by atoms with Crippen LogP contribution in [0.4, 0.5) is 10.5 Å². The highest BCUT2D eigenvalue weighted by Gasteiger charge is 2.32. The molecule has 0 radical (unpaired) electrons. The maximum atomic E-state index is 12.4. The Labute approximate surface area is 126 Å². The molecule has 1 N–H and O–H groups in total. The van der Waals surface area contributed by atoms with Gasteiger partial charge < -0.3 is 19.7 Å². The molecule has 5 heteroatoms. The number of hydrogen-bond donors (Lipinski definition) is 1. The van der Waals surface area contributed by atoms with E-state index in [-0.39, 0.29) is 11.4 Å². The van der Waals surface area contributed by atoms with Gasteiger partial charge in [0.1, 0.15) is 11.5 Å². The molecule has 1 fully saturated rings. The van der Waals surface area contributed by atoms with Crippen LogP contribution in [0.2, 0.25) is 0 Å². The van der Waals surface area contributed by atoms with Crippen LogP contribution >= 0.6 is 0 Å². The minimum atomic E-state index is -0.0882. The summed E-state index contributed by atoms with van der Waals surface area (Å²) in [6, 6.07) is 5.32.